The van der Waals surface area contributed by atoms with Crippen LogP contribution in [0.4, 0.5) is 10.1 Å². The molecule has 0 radical (unpaired) electrons. The van der Waals surface area contributed by atoms with E-state index >= 15 is 0 Å². The lowest BCUT2D eigenvalue weighted by molar-refractivity contribution is 0.0953. The van der Waals surface area contributed by atoms with Crippen LogP contribution >= 0.6 is 11.6 Å². The third kappa shape index (κ3) is 4.29. The number of hydrazone groups is 1. The quantitative estimate of drug-likeness (QED) is 0.518. The van der Waals surface area contributed by atoms with Gasteiger partial charge in [-0.2, -0.15) is 5.10 Å². The van der Waals surface area contributed by atoms with Crippen molar-refractivity contribution in [3.8, 4) is 0 Å². The van der Waals surface area contributed by atoms with E-state index in [2.05, 4.69) is 15.8 Å². The van der Waals surface area contributed by atoms with Gasteiger partial charge in [0.15, 0.2) is 5.76 Å². The third-order valence-corrected chi connectivity index (χ3v) is 5.86. The van der Waals surface area contributed by atoms with Crippen molar-refractivity contribution in [1.82, 2.24) is 5.43 Å². The van der Waals surface area contributed by atoms with Gasteiger partial charge in [0.25, 0.3) is 11.8 Å². The SMILES string of the molecule is Cc1c(Cl)cccc1NC(=O)c1oc2c(c1C)/C(=N/NC(=O)c1ccc(F)cc1)CCC2. The second-order valence-corrected chi connectivity index (χ2v) is 7.99. The van der Waals surface area contributed by atoms with Crippen LogP contribution < -0.4 is 10.7 Å². The molecule has 1 aromatic heterocycles. The molecule has 8 heteroatoms. The summed E-state index contributed by atoms with van der Waals surface area (Å²) < 4.78 is 19.0. The second kappa shape index (κ2) is 8.96. The number of nitrogens with zero attached hydrogens (tertiary/aromatic N) is 1. The summed E-state index contributed by atoms with van der Waals surface area (Å²) in [4.78, 5) is 25.2. The maximum Gasteiger partial charge on any atom is 0.291 e. The summed E-state index contributed by atoms with van der Waals surface area (Å²) in [6.07, 6.45) is 2.08. The van der Waals surface area contributed by atoms with Crippen molar-refractivity contribution >= 4 is 34.8 Å². The summed E-state index contributed by atoms with van der Waals surface area (Å²) in [6.45, 7) is 3.62. The lowest BCUT2D eigenvalue weighted by atomic mass is 9.93. The van der Waals surface area contributed by atoms with E-state index in [9.17, 15) is 14.0 Å². The number of hydrogen-bond donors (Lipinski definition) is 2. The van der Waals surface area contributed by atoms with E-state index in [1.165, 1.54) is 24.3 Å². The van der Waals surface area contributed by atoms with Crippen LogP contribution in [0.2, 0.25) is 5.02 Å². The van der Waals surface area contributed by atoms with Crippen LogP contribution in [0.3, 0.4) is 0 Å². The largest absolute Gasteiger partial charge is 0.455 e. The van der Waals surface area contributed by atoms with Crippen molar-refractivity contribution in [2.75, 3.05) is 5.32 Å². The second-order valence-electron chi connectivity index (χ2n) is 7.58. The zero-order chi connectivity index (χ0) is 22.8. The van der Waals surface area contributed by atoms with Gasteiger partial charge in [-0.15, -0.1) is 0 Å². The lowest BCUT2D eigenvalue weighted by Gasteiger charge is -2.13. The van der Waals surface area contributed by atoms with E-state index in [1.807, 2.05) is 6.92 Å². The maximum atomic E-state index is 13.1. The van der Waals surface area contributed by atoms with Gasteiger partial charge in [0.1, 0.15) is 11.6 Å². The van der Waals surface area contributed by atoms with Crippen LogP contribution in [0.1, 0.15) is 56.2 Å². The molecule has 6 nitrogen and oxygen atoms in total. The van der Waals surface area contributed by atoms with Crippen molar-refractivity contribution in [1.29, 1.82) is 0 Å². The summed E-state index contributed by atoms with van der Waals surface area (Å²) in [5, 5.41) is 7.69. The highest BCUT2D eigenvalue weighted by atomic mass is 35.5. The fourth-order valence-electron chi connectivity index (χ4n) is 3.70. The van der Waals surface area contributed by atoms with Gasteiger partial charge in [0, 0.05) is 33.8 Å². The highest BCUT2D eigenvalue weighted by molar-refractivity contribution is 6.31. The Balaban J connectivity index is 1.57. The minimum absolute atomic E-state index is 0.203. The highest BCUT2D eigenvalue weighted by Gasteiger charge is 2.28. The fourth-order valence-corrected chi connectivity index (χ4v) is 3.88. The number of aryl methyl sites for hydroxylation is 1. The van der Waals surface area contributed by atoms with Crippen LogP contribution in [-0.2, 0) is 6.42 Å². The Bertz CT molecular complexity index is 1230. The van der Waals surface area contributed by atoms with Crippen molar-refractivity contribution in [3.05, 3.63) is 87.1 Å². The summed E-state index contributed by atoms with van der Waals surface area (Å²) in [5.41, 5.74) is 6.23. The number of anilines is 1. The first kappa shape index (κ1) is 21.8. The average molecular weight is 454 g/mol. The molecule has 2 amide bonds. The Labute approximate surface area is 189 Å². The Hall–Kier alpha value is -3.45. The van der Waals surface area contributed by atoms with Gasteiger partial charge >= 0.3 is 0 Å². The molecule has 0 saturated carbocycles. The van der Waals surface area contributed by atoms with E-state index in [1.54, 1.807) is 25.1 Å². The predicted octanol–water partition coefficient (Wildman–Crippen LogP) is 5.41. The van der Waals surface area contributed by atoms with Crippen LogP contribution in [0.5, 0.6) is 0 Å². The number of halogens is 2. The zero-order valence-corrected chi connectivity index (χ0v) is 18.3. The minimum atomic E-state index is -0.444. The number of hydrogen-bond acceptors (Lipinski definition) is 4. The van der Waals surface area contributed by atoms with E-state index in [4.69, 9.17) is 16.0 Å². The minimum Gasteiger partial charge on any atom is -0.455 e. The molecule has 1 aliphatic carbocycles. The van der Waals surface area contributed by atoms with Gasteiger partial charge < -0.3 is 9.73 Å². The molecule has 1 heterocycles. The number of amides is 2. The Kier molecular flexibility index (Phi) is 6.10. The summed E-state index contributed by atoms with van der Waals surface area (Å²) >= 11 is 6.14. The number of benzene rings is 2. The molecule has 32 heavy (non-hydrogen) atoms. The van der Waals surface area contributed by atoms with E-state index in [-0.39, 0.29) is 11.7 Å². The first-order valence-corrected chi connectivity index (χ1v) is 10.5. The fraction of sp³-hybridized carbons (Fsp3) is 0.208. The summed E-state index contributed by atoms with van der Waals surface area (Å²) in [7, 11) is 0. The normalized spacial score (nSPS) is 14.2. The van der Waals surface area contributed by atoms with Crippen LogP contribution in [0.15, 0.2) is 52.0 Å². The van der Waals surface area contributed by atoms with Crippen molar-refractivity contribution in [2.24, 2.45) is 5.10 Å². The van der Waals surface area contributed by atoms with Gasteiger partial charge in [0.05, 0.1) is 5.71 Å². The molecule has 4 rings (SSSR count). The molecule has 1 aliphatic rings. The molecule has 164 valence electrons. The Morgan fingerprint density at radius 2 is 1.78 bits per heavy atom. The lowest BCUT2D eigenvalue weighted by Crippen LogP contribution is -2.22. The topological polar surface area (TPSA) is 83.7 Å². The molecule has 0 bridgehead atoms. The monoisotopic (exact) mass is 453 g/mol. The number of fused-ring (bicyclic) bond motifs is 1. The molecule has 0 aliphatic heterocycles. The first-order valence-electron chi connectivity index (χ1n) is 10.2. The molecular weight excluding hydrogens is 433 g/mol. The molecule has 0 spiro atoms. The number of carbonyl (C=O) groups is 2. The molecular formula is C24H21ClFN3O3. The number of nitrogens with one attached hydrogen (secondary N) is 2. The predicted molar refractivity (Wildman–Crippen MR) is 121 cm³/mol. The van der Waals surface area contributed by atoms with Crippen molar-refractivity contribution in [3.63, 3.8) is 0 Å². The third-order valence-electron chi connectivity index (χ3n) is 5.45. The van der Waals surface area contributed by atoms with Gasteiger partial charge in [0.2, 0.25) is 0 Å². The standard InChI is InChI=1S/C24H21ClFN3O3/c1-13-17(25)5-3-6-18(13)27-24(31)22-14(2)21-19(7-4-8-20(21)32-22)28-29-23(30)15-9-11-16(26)12-10-15/h3,5-6,9-12H,4,7-8H2,1-2H3,(H,27,31)(H,29,30)/b28-19+. The summed E-state index contributed by atoms with van der Waals surface area (Å²) in [6, 6.07) is 10.5. The molecule has 0 unspecified atom stereocenters. The zero-order valence-electron chi connectivity index (χ0n) is 17.6. The average Bonchev–Trinajstić information content (AvgIpc) is 3.13. The van der Waals surface area contributed by atoms with Gasteiger partial charge in [-0.25, -0.2) is 9.82 Å². The van der Waals surface area contributed by atoms with E-state index in [0.29, 0.717) is 46.2 Å². The smallest absolute Gasteiger partial charge is 0.291 e. The number of rotatable bonds is 4. The van der Waals surface area contributed by atoms with E-state index in [0.717, 1.165) is 17.5 Å². The Morgan fingerprint density at radius 3 is 2.53 bits per heavy atom. The van der Waals surface area contributed by atoms with E-state index < -0.39 is 11.7 Å². The van der Waals surface area contributed by atoms with Crippen molar-refractivity contribution in [2.45, 2.75) is 33.1 Å². The van der Waals surface area contributed by atoms with Gasteiger partial charge in [-0.05, 0) is 68.7 Å². The highest BCUT2D eigenvalue weighted by Crippen LogP contribution is 2.31. The first-order chi connectivity index (χ1) is 15.3. The molecule has 0 fully saturated rings. The van der Waals surface area contributed by atoms with Crippen LogP contribution in [-0.4, -0.2) is 17.5 Å². The van der Waals surface area contributed by atoms with Crippen LogP contribution in [0.25, 0.3) is 0 Å². The maximum absolute atomic E-state index is 13.1. The number of carbonyl (C=O) groups excluding carboxylic acids is 2. The van der Waals surface area contributed by atoms with Crippen LogP contribution in [0, 0.1) is 19.7 Å². The Morgan fingerprint density at radius 1 is 1.03 bits per heavy atom. The summed E-state index contributed by atoms with van der Waals surface area (Å²) in [5.74, 6) is -0.375. The molecule has 0 atom stereocenters. The van der Waals surface area contributed by atoms with Crippen molar-refractivity contribution < 1.29 is 18.4 Å². The molecule has 0 saturated heterocycles. The van der Waals surface area contributed by atoms with Gasteiger partial charge in [-0.3, -0.25) is 9.59 Å². The molecule has 2 aromatic carbocycles. The number of furan rings is 1. The van der Waals surface area contributed by atoms with Gasteiger partial charge in [-0.1, -0.05) is 17.7 Å². The molecule has 2 N–H and O–H groups in total. The molecule has 3 aromatic rings.